The predicted molar refractivity (Wildman–Crippen MR) is 92.8 cm³/mol. The first-order valence-electron chi connectivity index (χ1n) is 9.30. The fourth-order valence-corrected chi connectivity index (χ4v) is 4.78. The average Bonchev–Trinajstić information content (AvgIpc) is 3.28. The van der Waals surface area contributed by atoms with Crippen molar-refractivity contribution >= 4 is 11.7 Å². The van der Waals surface area contributed by atoms with Crippen LogP contribution in [0.5, 0.6) is 0 Å². The van der Waals surface area contributed by atoms with Gasteiger partial charge in [0.2, 0.25) is 5.91 Å². The average molecular weight is 326 g/mol. The molecular formula is C20H26N2O2. The predicted octanol–water partition coefficient (Wildman–Crippen LogP) is 2.33. The molecule has 2 N–H and O–H groups in total. The summed E-state index contributed by atoms with van der Waals surface area (Å²) >= 11 is 0. The Morgan fingerprint density at radius 3 is 2.75 bits per heavy atom. The molecule has 3 atom stereocenters. The number of hydrogen-bond donors (Lipinski definition) is 1. The lowest BCUT2D eigenvalue weighted by molar-refractivity contribution is -0.130. The van der Waals surface area contributed by atoms with Crippen molar-refractivity contribution in [2.45, 2.75) is 51.0 Å². The van der Waals surface area contributed by atoms with Crippen LogP contribution in [0.25, 0.3) is 0 Å². The summed E-state index contributed by atoms with van der Waals surface area (Å²) in [6, 6.07) is 6.30. The van der Waals surface area contributed by atoms with Crippen molar-refractivity contribution < 1.29 is 9.59 Å². The highest BCUT2D eigenvalue weighted by Crippen LogP contribution is 2.37. The number of benzene rings is 1. The van der Waals surface area contributed by atoms with E-state index in [1.54, 1.807) is 0 Å². The number of Topliss-reactive ketones (excluding diaryl/α,β-unsaturated/α-hetero) is 1. The third-order valence-electron chi connectivity index (χ3n) is 6.25. The SMILES string of the molecule is NC1CCC2CN(C(=O)CCC(=O)c3ccc4c(c3)CCC4)CC12. The Balaban J connectivity index is 1.32. The Kier molecular flexibility index (Phi) is 4.17. The van der Waals surface area contributed by atoms with Gasteiger partial charge in [-0.05, 0) is 61.1 Å². The fourth-order valence-electron chi connectivity index (χ4n) is 4.78. The summed E-state index contributed by atoms with van der Waals surface area (Å²) < 4.78 is 0. The Bertz CT molecular complexity index is 670. The number of carbonyl (C=O) groups excluding carboxylic acids is 2. The molecule has 1 saturated carbocycles. The molecule has 2 aliphatic carbocycles. The summed E-state index contributed by atoms with van der Waals surface area (Å²) in [7, 11) is 0. The van der Waals surface area contributed by atoms with E-state index in [0.29, 0.717) is 24.7 Å². The van der Waals surface area contributed by atoms with Crippen LogP contribution >= 0.6 is 0 Å². The Labute approximate surface area is 143 Å². The van der Waals surface area contributed by atoms with Crippen LogP contribution in [0.4, 0.5) is 0 Å². The number of ketones is 1. The highest BCUT2D eigenvalue weighted by Gasteiger charge is 2.42. The zero-order chi connectivity index (χ0) is 16.7. The molecule has 1 aromatic rings. The molecule has 0 spiro atoms. The minimum absolute atomic E-state index is 0.0918. The molecule has 4 nitrogen and oxygen atoms in total. The van der Waals surface area contributed by atoms with E-state index in [4.69, 9.17) is 5.73 Å². The van der Waals surface area contributed by atoms with E-state index in [1.165, 1.54) is 17.5 Å². The van der Waals surface area contributed by atoms with Gasteiger partial charge >= 0.3 is 0 Å². The van der Waals surface area contributed by atoms with Crippen molar-refractivity contribution in [3.8, 4) is 0 Å². The minimum atomic E-state index is 0.0918. The third-order valence-corrected chi connectivity index (χ3v) is 6.25. The maximum absolute atomic E-state index is 12.4. The molecule has 3 aliphatic rings. The Morgan fingerprint density at radius 1 is 1.08 bits per heavy atom. The third kappa shape index (κ3) is 2.88. The van der Waals surface area contributed by atoms with Crippen LogP contribution in [0.1, 0.15) is 53.6 Å². The number of amides is 1. The van der Waals surface area contributed by atoms with Crippen LogP contribution < -0.4 is 5.73 Å². The molecule has 1 aromatic carbocycles. The summed E-state index contributed by atoms with van der Waals surface area (Å²) in [5.74, 6) is 1.26. The van der Waals surface area contributed by atoms with Gasteiger partial charge in [0, 0.05) is 37.5 Å². The van der Waals surface area contributed by atoms with E-state index in [9.17, 15) is 9.59 Å². The van der Waals surface area contributed by atoms with Crippen LogP contribution in [0.15, 0.2) is 18.2 Å². The van der Waals surface area contributed by atoms with Crippen LogP contribution in [0.2, 0.25) is 0 Å². The summed E-state index contributed by atoms with van der Waals surface area (Å²) in [6.07, 6.45) is 6.26. The van der Waals surface area contributed by atoms with Crippen molar-refractivity contribution in [1.29, 1.82) is 0 Å². The molecule has 4 heteroatoms. The molecular weight excluding hydrogens is 300 g/mol. The van der Waals surface area contributed by atoms with Gasteiger partial charge in [0.15, 0.2) is 5.78 Å². The maximum atomic E-state index is 12.4. The molecule has 1 saturated heterocycles. The number of hydrogen-bond acceptors (Lipinski definition) is 3. The largest absolute Gasteiger partial charge is 0.342 e. The van der Waals surface area contributed by atoms with Gasteiger partial charge in [-0.15, -0.1) is 0 Å². The lowest BCUT2D eigenvalue weighted by Gasteiger charge is -2.18. The van der Waals surface area contributed by atoms with Gasteiger partial charge in [0.25, 0.3) is 0 Å². The van der Waals surface area contributed by atoms with E-state index in [1.807, 2.05) is 17.0 Å². The Hall–Kier alpha value is -1.68. The molecule has 0 aromatic heterocycles. The first-order valence-corrected chi connectivity index (χ1v) is 9.30. The maximum Gasteiger partial charge on any atom is 0.223 e. The molecule has 1 amide bonds. The lowest BCUT2D eigenvalue weighted by atomic mass is 9.98. The van der Waals surface area contributed by atoms with Crippen molar-refractivity contribution in [3.05, 3.63) is 34.9 Å². The van der Waals surface area contributed by atoms with Crippen LogP contribution in [0.3, 0.4) is 0 Å². The molecule has 2 fully saturated rings. The number of aryl methyl sites for hydroxylation is 2. The molecule has 1 heterocycles. The van der Waals surface area contributed by atoms with Crippen LogP contribution in [0, 0.1) is 11.8 Å². The highest BCUT2D eigenvalue weighted by atomic mass is 16.2. The number of fused-ring (bicyclic) bond motifs is 2. The van der Waals surface area contributed by atoms with Crippen LogP contribution in [-0.2, 0) is 17.6 Å². The smallest absolute Gasteiger partial charge is 0.223 e. The first-order chi connectivity index (χ1) is 11.6. The van der Waals surface area contributed by atoms with Gasteiger partial charge < -0.3 is 10.6 Å². The summed E-state index contributed by atoms with van der Waals surface area (Å²) in [4.78, 5) is 26.8. The number of likely N-dealkylation sites (tertiary alicyclic amines) is 1. The second kappa shape index (κ2) is 6.32. The first kappa shape index (κ1) is 15.8. The standard InChI is InChI=1S/C20H26N2O2/c21-18-7-6-16-11-22(12-17(16)18)20(24)9-8-19(23)15-5-4-13-2-1-3-14(13)10-15/h4-5,10,16-18H,1-3,6-9,11-12,21H2. The van der Waals surface area contributed by atoms with Gasteiger partial charge in [-0.25, -0.2) is 0 Å². The minimum Gasteiger partial charge on any atom is -0.342 e. The number of carbonyl (C=O) groups is 2. The molecule has 24 heavy (non-hydrogen) atoms. The van der Waals surface area contributed by atoms with Gasteiger partial charge in [-0.1, -0.05) is 12.1 Å². The van der Waals surface area contributed by atoms with E-state index in [-0.39, 0.29) is 17.7 Å². The normalized spacial score (nSPS) is 28.0. The van der Waals surface area contributed by atoms with Crippen LogP contribution in [-0.4, -0.2) is 35.7 Å². The molecule has 1 aliphatic heterocycles. The number of nitrogens with zero attached hydrogens (tertiary/aromatic N) is 1. The zero-order valence-corrected chi connectivity index (χ0v) is 14.2. The number of nitrogens with two attached hydrogens (primary N) is 1. The monoisotopic (exact) mass is 326 g/mol. The molecule has 128 valence electrons. The second-order valence-corrected chi connectivity index (χ2v) is 7.72. The summed E-state index contributed by atoms with van der Waals surface area (Å²) in [5.41, 5.74) is 9.59. The number of rotatable bonds is 4. The zero-order valence-electron chi connectivity index (χ0n) is 14.2. The summed E-state index contributed by atoms with van der Waals surface area (Å²) in [5, 5.41) is 0. The molecule has 4 rings (SSSR count). The molecule has 0 bridgehead atoms. The lowest BCUT2D eigenvalue weighted by Crippen LogP contribution is -2.33. The highest BCUT2D eigenvalue weighted by molar-refractivity contribution is 5.98. The van der Waals surface area contributed by atoms with Gasteiger partial charge in [0.05, 0.1) is 0 Å². The van der Waals surface area contributed by atoms with E-state index >= 15 is 0 Å². The van der Waals surface area contributed by atoms with Crippen molar-refractivity contribution in [3.63, 3.8) is 0 Å². The topological polar surface area (TPSA) is 63.4 Å². The van der Waals surface area contributed by atoms with E-state index in [2.05, 4.69) is 6.07 Å². The van der Waals surface area contributed by atoms with Gasteiger partial charge in [0.1, 0.15) is 0 Å². The fraction of sp³-hybridized carbons (Fsp3) is 0.600. The van der Waals surface area contributed by atoms with Gasteiger partial charge in [-0.2, -0.15) is 0 Å². The Morgan fingerprint density at radius 2 is 1.92 bits per heavy atom. The molecule has 0 radical (unpaired) electrons. The van der Waals surface area contributed by atoms with E-state index < -0.39 is 0 Å². The van der Waals surface area contributed by atoms with Gasteiger partial charge in [-0.3, -0.25) is 9.59 Å². The van der Waals surface area contributed by atoms with E-state index in [0.717, 1.165) is 44.3 Å². The van der Waals surface area contributed by atoms with Crippen molar-refractivity contribution in [2.75, 3.05) is 13.1 Å². The quantitative estimate of drug-likeness (QED) is 0.864. The van der Waals surface area contributed by atoms with Crippen molar-refractivity contribution in [1.82, 2.24) is 4.90 Å². The second-order valence-electron chi connectivity index (χ2n) is 7.72. The van der Waals surface area contributed by atoms with Crippen molar-refractivity contribution in [2.24, 2.45) is 17.6 Å². The molecule has 3 unspecified atom stereocenters. The summed E-state index contributed by atoms with van der Waals surface area (Å²) in [6.45, 7) is 1.63.